The van der Waals surface area contributed by atoms with Gasteiger partial charge in [-0.05, 0) is 19.3 Å². The molecule has 15 heavy (non-hydrogen) atoms. The third kappa shape index (κ3) is 10.1. The van der Waals surface area contributed by atoms with Gasteiger partial charge < -0.3 is 24.0 Å². The maximum absolute atomic E-state index is 2.62. The lowest BCUT2D eigenvalue weighted by Crippen LogP contribution is -3.00. The smallest absolute Gasteiger partial charge is 0.0591 e. The van der Waals surface area contributed by atoms with E-state index in [1.807, 2.05) is 0 Å². The first-order chi connectivity index (χ1) is 6.68. The Balaban J connectivity index is 0. The van der Waals surface area contributed by atoms with E-state index in [9.17, 15) is 0 Å². The SMILES string of the molecule is CCCC[P+](C)(CCCC)CCCC.[I-]. The number of unbranched alkanes of at least 4 members (excludes halogenated alkanes) is 3. The quantitative estimate of drug-likeness (QED) is 0.444. The largest absolute Gasteiger partial charge is 1.00 e. The van der Waals surface area contributed by atoms with Gasteiger partial charge in [0, 0.05) is 13.9 Å². The average molecular weight is 344 g/mol. The molecule has 0 N–H and O–H groups in total. The van der Waals surface area contributed by atoms with Gasteiger partial charge in [0.25, 0.3) is 0 Å². The van der Waals surface area contributed by atoms with Crippen molar-refractivity contribution in [1.29, 1.82) is 0 Å². The molecule has 0 aromatic rings. The van der Waals surface area contributed by atoms with Crippen LogP contribution in [-0.4, -0.2) is 25.2 Å². The summed E-state index contributed by atoms with van der Waals surface area (Å²) < 4.78 is 0. The zero-order valence-corrected chi connectivity index (χ0v) is 14.2. The lowest BCUT2D eigenvalue weighted by Gasteiger charge is -2.22. The van der Waals surface area contributed by atoms with Gasteiger partial charge in [-0.2, -0.15) is 0 Å². The van der Waals surface area contributed by atoms with Gasteiger partial charge in [-0.15, -0.1) is 0 Å². The first-order valence-electron chi connectivity index (χ1n) is 6.52. The van der Waals surface area contributed by atoms with E-state index in [0.29, 0.717) is 0 Å². The van der Waals surface area contributed by atoms with Crippen LogP contribution in [0.2, 0.25) is 0 Å². The molecule has 0 aliphatic heterocycles. The van der Waals surface area contributed by atoms with Crippen LogP contribution in [0.15, 0.2) is 0 Å². The minimum Gasteiger partial charge on any atom is -1.00 e. The van der Waals surface area contributed by atoms with Crippen molar-refractivity contribution >= 4 is 7.26 Å². The molecular formula is C13H30IP. The van der Waals surface area contributed by atoms with E-state index in [1.165, 1.54) is 38.5 Å². The minimum absolute atomic E-state index is 0. The molecule has 0 heterocycles. The molecule has 0 amide bonds. The molecule has 0 rings (SSSR count). The van der Waals surface area contributed by atoms with Crippen LogP contribution in [-0.2, 0) is 0 Å². The Morgan fingerprint density at radius 2 is 0.933 bits per heavy atom. The molecule has 0 aromatic heterocycles. The molecule has 0 saturated heterocycles. The molecule has 0 spiro atoms. The third-order valence-corrected chi connectivity index (χ3v) is 7.34. The van der Waals surface area contributed by atoms with E-state index in [0.717, 1.165) is 0 Å². The second kappa shape index (κ2) is 11.6. The highest BCUT2D eigenvalue weighted by Crippen LogP contribution is 2.57. The van der Waals surface area contributed by atoms with Gasteiger partial charge in [-0.25, -0.2) is 0 Å². The molecule has 0 aliphatic rings. The molecule has 0 nitrogen and oxygen atoms in total. The topological polar surface area (TPSA) is 0 Å². The molecule has 0 atom stereocenters. The van der Waals surface area contributed by atoms with E-state index in [-0.39, 0.29) is 24.0 Å². The molecule has 0 aliphatic carbocycles. The lowest BCUT2D eigenvalue weighted by atomic mass is 10.4. The average Bonchev–Trinajstić information content (AvgIpc) is 2.21. The Morgan fingerprint density at radius 1 is 0.667 bits per heavy atom. The fourth-order valence-corrected chi connectivity index (χ4v) is 5.86. The van der Waals surface area contributed by atoms with Gasteiger partial charge in [0.15, 0.2) is 0 Å². The van der Waals surface area contributed by atoms with Crippen molar-refractivity contribution in [3.63, 3.8) is 0 Å². The summed E-state index contributed by atoms with van der Waals surface area (Å²) in [5, 5.41) is 0. The standard InChI is InChI=1S/C13H30P.HI/c1-5-8-11-14(4,12-9-6-2)13-10-7-3;/h5-13H2,1-4H3;1H/q+1;/p-1. The van der Waals surface area contributed by atoms with Crippen LogP contribution in [0.3, 0.4) is 0 Å². The first-order valence-corrected chi connectivity index (χ1v) is 9.31. The van der Waals surface area contributed by atoms with E-state index < -0.39 is 7.26 Å². The van der Waals surface area contributed by atoms with Crippen molar-refractivity contribution in [2.75, 3.05) is 25.2 Å². The molecule has 0 radical (unpaired) electrons. The summed E-state index contributed by atoms with van der Waals surface area (Å²) in [4.78, 5) is 0. The Labute approximate surface area is 115 Å². The number of hydrogen-bond donors (Lipinski definition) is 0. The molecular weight excluding hydrogens is 314 g/mol. The van der Waals surface area contributed by atoms with Crippen LogP contribution in [0.4, 0.5) is 0 Å². The Hall–Kier alpha value is 1.16. The number of halogens is 1. The van der Waals surface area contributed by atoms with E-state index in [2.05, 4.69) is 27.4 Å². The summed E-state index contributed by atoms with van der Waals surface area (Å²) in [5.74, 6) is 0. The zero-order valence-electron chi connectivity index (χ0n) is 11.2. The van der Waals surface area contributed by atoms with E-state index in [1.54, 1.807) is 18.5 Å². The first kappa shape index (κ1) is 18.5. The van der Waals surface area contributed by atoms with Crippen molar-refractivity contribution in [3.8, 4) is 0 Å². The van der Waals surface area contributed by atoms with Gasteiger partial charge in [-0.1, -0.05) is 40.0 Å². The van der Waals surface area contributed by atoms with E-state index >= 15 is 0 Å². The molecule has 0 aromatic carbocycles. The zero-order chi connectivity index (χ0) is 10.9. The molecule has 0 unspecified atom stereocenters. The highest BCUT2D eigenvalue weighted by Gasteiger charge is 2.28. The molecule has 0 fully saturated rings. The highest BCUT2D eigenvalue weighted by molar-refractivity contribution is 7.75. The van der Waals surface area contributed by atoms with Gasteiger partial charge >= 0.3 is 0 Å². The fourth-order valence-electron chi connectivity index (χ4n) is 1.95. The summed E-state index contributed by atoms with van der Waals surface area (Å²) in [6.45, 7) is 9.59. The van der Waals surface area contributed by atoms with Crippen LogP contribution < -0.4 is 24.0 Å². The summed E-state index contributed by atoms with van der Waals surface area (Å²) >= 11 is 0. The van der Waals surface area contributed by atoms with Crippen molar-refractivity contribution in [1.82, 2.24) is 0 Å². The Kier molecular flexibility index (Phi) is 14.4. The summed E-state index contributed by atoms with van der Waals surface area (Å²) in [7, 11) is -0.519. The van der Waals surface area contributed by atoms with Crippen molar-refractivity contribution < 1.29 is 24.0 Å². The Morgan fingerprint density at radius 3 is 1.13 bits per heavy atom. The summed E-state index contributed by atoms with van der Waals surface area (Å²) in [6.07, 6.45) is 13.2. The van der Waals surface area contributed by atoms with Crippen LogP contribution in [0, 0.1) is 0 Å². The second-order valence-electron chi connectivity index (χ2n) is 4.85. The molecule has 94 valence electrons. The van der Waals surface area contributed by atoms with Crippen molar-refractivity contribution in [3.05, 3.63) is 0 Å². The van der Waals surface area contributed by atoms with Gasteiger partial charge in [0.2, 0.25) is 0 Å². The van der Waals surface area contributed by atoms with Crippen LogP contribution in [0.1, 0.15) is 59.3 Å². The third-order valence-electron chi connectivity index (χ3n) is 3.15. The maximum Gasteiger partial charge on any atom is 0.0591 e. The fraction of sp³-hybridized carbons (Fsp3) is 1.00. The summed E-state index contributed by atoms with van der Waals surface area (Å²) in [6, 6.07) is 0. The number of rotatable bonds is 9. The van der Waals surface area contributed by atoms with E-state index in [4.69, 9.17) is 0 Å². The van der Waals surface area contributed by atoms with Crippen LogP contribution >= 0.6 is 7.26 Å². The van der Waals surface area contributed by atoms with Crippen LogP contribution in [0.25, 0.3) is 0 Å². The normalized spacial score (nSPS) is 11.2. The second-order valence-corrected chi connectivity index (χ2v) is 9.43. The van der Waals surface area contributed by atoms with Crippen molar-refractivity contribution in [2.24, 2.45) is 0 Å². The predicted octanol–water partition coefficient (Wildman–Crippen LogP) is 2.04. The van der Waals surface area contributed by atoms with Crippen LogP contribution in [0.5, 0.6) is 0 Å². The Bertz CT molecular complexity index is 104. The minimum atomic E-state index is -0.519. The van der Waals surface area contributed by atoms with Gasteiger partial charge in [-0.3, -0.25) is 0 Å². The molecule has 0 saturated carbocycles. The maximum atomic E-state index is 2.62. The van der Waals surface area contributed by atoms with Gasteiger partial charge in [0.05, 0.1) is 18.5 Å². The lowest BCUT2D eigenvalue weighted by molar-refractivity contribution is -0.00000339. The molecule has 2 heteroatoms. The summed E-state index contributed by atoms with van der Waals surface area (Å²) in [5.41, 5.74) is 0. The highest BCUT2D eigenvalue weighted by atomic mass is 127. The predicted molar refractivity (Wildman–Crippen MR) is 72.2 cm³/mol. The number of hydrogen-bond acceptors (Lipinski definition) is 0. The molecule has 0 bridgehead atoms. The van der Waals surface area contributed by atoms with Crippen molar-refractivity contribution in [2.45, 2.75) is 59.3 Å². The monoisotopic (exact) mass is 344 g/mol. The van der Waals surface area contributed by atoms with Gasteiger partial charge in [0.1, 0.15) is 0 Å².